The third-order valence-corrected chi connectivity index (χ3v) is 7.06. The second-order valence-electron chi connectivity index (χ2n) is 7.48. The van der Waals surface area contributed by atoms with Crippen LogP contribution in [0.15, 0.2) is 53.0 Å². The highest BCUT2D eigenvalue weighted by Crippen LogP contribution is 2.15. The maximum Gasteiger partial charge on any atom is 0.237 e. The highest BCUT2D eigenvalue weighted by atomic mass is 79.9. The first-order chi connectivity index (χ1) is 14.3. The summed E-state index contributed by atoms with van der Waals surface area (Å²) in [5.41, 5.74) is 2.43. The Kier molecular flexibility index (Phi) is 7.64. The molecule has 3 rings (SSSR count). The first-order valence-corrected chi connectivity index (χ1v) is 12.4. The highest BCUT2D eigenvalue weighted by molar-refractivity contribution is 9.10. The Morgan fingerprint density at radius 1 is 0.967 bits per heavy atom. The molecule has 30 heavy (non-hydrogen) atoms. The van der Waals surface area contributed by atoms with Crippen molar-refractivity contribution in [3.63, 3.8) is 0 Å². The number of nitrogens with zero attached hydrogens (tertiary/aromatic N) is 3. The van der Waals surface area contributed by atoms with E-state index in [9.17, 15) is 13.2 Å². The summed E-state index contributed by atoms with van der Waals surface area (Å²) < 4.78 is 25.9. The largest absolute Gasteiger partial charge is 0.340 e. The lowest BCUT2D eigenvalue weighted by atomic mass is 10.1. The SMILES string of the molecule is N#Cc1ccc(CN2CCCN(C(=O)CS(=O)(=O)Cc3ccc(Br)cc3)CC2)cc1. The van der Waals surface area contributed by atoms with Crippen molar-refractivity contribution in [2.45, 2.75) is 18.7 Å². The molecule has 1 amide bonds. The number of carbonyl (C=O) groups excluding carboxylic acids is 1. The van der Waals surface area contributed by atoms with Crippen LogP contribution in [0.1, 0.15) is 23.1 Å². The molecule has 0 saturated carbocycles. The van der Waals surface area contributed by atoms with E-state index in [1.807, 2.05) is 12.1 Å². The first kappa shape index (κ1) is 22.5. The first-order valence-electron chi connectivity index (χ1n) is 9.79. The van der Waals surface area contributed by atoms with Crippen LogP contribution in [0.2, 0.25) is 0 Å². The van der Waals surface area contributed by atoms with Gasteiger partial charge in [-0.2, -0.15) is 5.26 Å². The number of hydrogen-bond donors (Lipinski definition) is 0. The predicted octanol–water partition coefficient (Wildman–Crippen LogP) is 2.97. The minimum Gasteiger partial charge on any atom is -0.340 e. The van der Waals surface area contributed by atoms with Crippen LogP contribution in [0.3, 0.4) is 0 Å². The van der Waals surface area contributed by atoms with Crippen molar-refractivity contribution >= 4 is 31.7 Å². The standard InChI is InChI=1S/C22H24BrN3O3S/c23-21-8-6-20(7-9-21)16-30(28,29)17-22(27)26-11-1-10-25(12-13-26)15-19-4-2-18(14-24)3-5-19/h2-9H,1,10-13,15-17H2. The normalized spacial score (nSPS) is 15.4. The van der Waals surface area contributed by atoms with Crippen molar-refractivity contribution in [2.24, 2.45) is 0 Å². The predicted molar refractivity (Wildman–Crippen MR) is 119 cm³/mol. The monoisotopic (exact) mass is 489 g/mol. The number of nitriles is 1. The molecule has 0 aromatic heterocycles. The van der Waals surface area contributed by atoms with Gasteiger partial charge in [0.1, 0.15) is 5.75 Å². The van der Waals surface area contributed by atoms with Crippen LogP contribution >= 0.6 is 15.9 Å². The molecular formula is C22H24BrN3O3S. The van der Waals surface area contributed by atoms with E-state index in [4.69, 9.17) is 5.26 Å². The Bertz CT molecular complexity index is 1020. The summed E-state index contributed by atoms with van der Waals surface area (Å²) in [6.07, 6.45) is 0.800. The van der Waals surface area contributed by atoms with E-state index in [1.54, 1.807) is 41.3 Å². The Balaban J connectivity index is 1.53. The highest BCUT2D eigenvalue weighted by Gasteiger charge is 2.24. The van der Waals surface area contributed by atoms with Gasteiger partial charge in [0.05, 0.1) is 17.4 Å². The van der Waals surface area contributed by atoms with Crippen LogP contribution in [0.25, 0.3) is 0 Å². The molecule has 1 aliphatic rings. The molecule has 1 fully saturated rings. The fourth-order valence-electron chi connectivity index (χ4n) is 3.49. The van der Waals surface area contributed by atoms with Crippen molar-refractivity contribution in [2.75, 3.05) is 31.9 Å². The summed E-state index contributed by atoms with van der Waals surface area (Å²) in [6, 6.07) is 16.7. The molecule has 1 saturated heterocycles. The fraction of sp³-hybridized carbons (Fsp3) is 0.364. The van der Waals surface area contributed by atoms with E-state index in [0.29, 0.717) is 30.8 Å². The molecule has 1 aliphatic heterocycles. The Hall–Kier alpha value is -2.21. The van der Waals surface area contributed by atoms with Gasteiger partial charge in [-0.25, -0.2) is 8.42 Å². The zero-order chi connectivity index (χ0) is 21.6. The summed E-state index contributed by atoms with van der Waals surface area (Å²) in [4.78, 5) is 16.6. The van der Waals surface area contributed by atoms with Gasteiger partial charge < -0.3 is 4.90 Å². The molecule has 0 N–H and O–H groups in total. The summed E-state index contributed by atoms with van der Waals surface area (Å²) in [5, 5.41) is 8.90. The zero-order valence-corrected chi connectivity index (χ0v) is 19.0. The number of carbonyl (C=O) groups is 1. The lowest BCUT2D eigenvalue weighted by molar-refractivity contribution is -0.128. The number of rotatable bonds is 6. The zero-order valence-electron chi connectivity index (χ0n) is 16.6. The van der Waals surface area contributed by atoms with Crippen LogP contribution < -0.4 is 0 Å². The quantitative estimate of drug-likeness (QED) is 0.622. The topological polar surface area (TPSA) is 81.5 Å². The van der Waals surface area contributed by atoms with E-state index in [1.165, 1.54) is 0 Å². The fourth-order valence-corrected chi connectivity index (χ4v) is 5.11. The Morgan fingerprint density at radius 3 is 2.30 bits per heavy atom. The van der Waals surface area contributed by atoms with Crippen molar-refractivity contribution in [1.29, 1.82) is 5.26 Å². The van der Waals surface area contributed by atoms with Crippen molar-refractivity contribution < 1.29 is 13.2 Å². The number of benzene rings is 2. The average molecular weight is 490 g/mol. The number of amides is 1. The van der Waals surface area contributed by atoms with Gasteiger partial charge in [-0.15, -0.1) is 0 Å². The molecule has 0 spiro atoms. The summed E-state index contributed by atoms with van der Waals surface area (Å²) in [5.74, 6) is -0.920. The molecule has 2 aromatic rings. The van der Waals surface area contributed by atoms with Crippen molar-refractivity contribution in [1.82, 2.24) is 9.80 Å². The molecular weight excluding hydrogens is 466 g/mol. The average Bonchev–Trinajstić information content (AvgIpc) is 2.95. The Morgan fingerprint density at radius 2 is 1.63 bits per heavy atom. The number of hydrogen-bond acceptors (Lipinski definition) is 5. The van der Waals surface area contributed by atoms with E-state index in [0.717, 1.165) is 29.5 Å². The molecule has 0 unspecified atom stereocenters. The molecule has 8 heteroatoms. The van der Waals surface area contributed by atoms with Gasteiger partial charge in [0.15, 0.2) is 9.84 Å². The maximum absolute atomic E-state index is 12.6. The van der Waals surface area contributed by atoms with Crippen LogP contribution in [-0.2, 0) is 26.9 Å². The lowest BCUT2D eigenvalue weighted by Crippen LogP contribution is -2.38. The van der Waals surface area contributed by atoms with Gasteiger partial charge in [-0.05, 0) is 41.8 Å². The second kappa shape index (κ2) is 10.2. The molecule has 0 atom stereocenters. The van der Waals surface area contributed by atoms with Crippen molar-refractivity contribution in [3.8, 4) is 6.07 Å². The van der Waals surface area contributed by atoms with Gasteiger partial charge in [-0.1, -0.05) is 40.2 Å². The van der Waals surface area contributed by atoms with Crippen LogP contribution in [0.4, 0.5) is 0 Å². The molecule has 1 heterocycles. The molecule has 0 bridgehead atoms. The van der Waals surface area contributed by atoms with E-state index < -0.39 is 15.6 Å². The molecule has 158 valence electrons. The second-order valence-corrected chi connectivity index (χ2v) is 10.5. The smallest absolute Gasteiger partial charge is 0.237 e. The molecule has 0 radical (unpaired) electrons. The van der Waals surface area contributed by atoms with Crippen LogP contribution in [-0.4, -0.2) is 56.1 Å². The van der Waals surface area contributed by atoms with Gasteiger partial charge in [-0.3, -0.25) is 9.69 Å². The van der Waals surface area contributed by atoms with E-state index in [-0.39, 0.29) is 11.7 Å². The number of sulfone groups is 1. The summed E-state index contributed by atoms with van der Waals surface area (Å²) in [6.45, 7) is 3.36. The third kappa shape index (κ3) is 6.66. The third-order valence-electron chi connectivity index (χ3n) is 5.07. The van der Waals surface area contributed by atoms with E-state index >= 15 is 0 Å². The van der Waals surface area contributed by atoms with Gasteiger partial charge in [0.2, 0.25) is 5.91 Å². The molecule has 0 aliphatic carbocycles. The maximum atomic E-state index is 12.6. The summed E-state index contributed by atoms with van der Waals surface area (Å²) >= 11 is 3.33. The van der Waals surface area contributed by atoms with Crippen LogP contribution in [0.5, 0.6) is 0 Å². The lowest BCUT2D eigenvalue weighted by Gasteiger charge is -2.22. The van der Waals surface area contributed by atoms with Crippen molar-refractivity contribution in [3.05, 3.63) is 69.7 Å². The minimum atomic E-state index is -3.52. The molecule has 2 aromatic carbocycles. The van der Waals surface area contributed by atoms with Gasteiger partial charge >= 0.3 is 0 Å². The van der Waals surface area contributed by atoms with Gasteiger partial charge in [0.25, 0.3) is 0 Å². The van der Waals surface area contributed by atoms with Crippen LogP contribution in [0, 0.1) is 11.3 Å². The van der Waals surface area contributed by atoms with E-state index in [2.05, 4.69) is 26.9 Å². The minimum absolute atomic E-state index is 0.134. The van der Waals surface area contributed by atoms with Gasteiger partial charge in [0, 0.05) is 37.2 Å². The number of halogens is 1. The summed E-state index contributed by atoms with van der Waals surface area (Å²) in [7, 11) is -3.52. The Labute approximate surface area is 186 Å². The molecule has 6 nitrogen and oxygen atoms in total.